The predicted molar refractivity (Wildman–Crippen MR) is 89.3 cm³/mol. The summed E-state index contributed by atoms with van der Waals surface area (Å²) < 4.78 is 7.73. The molecule has 0 unspecified atom stereocenters. The van der Waals surface area contributed by atoms with Gasteiger partial charge >= 0.3 is 0 Å². The quantitative estimate of drug-likeness (QED) is 0.467. The molecule has 0 radical (unpaired) electrons. The number of benzene rings is 2. The van der Waals surface area contributed by atoms with E-state index in [1.165, 1.54) is 5.56 Å². The average molecular weight is 416 g/mol. The Labute approximate surface area is 138 Å². The number of rotatable bonds is 1. The lowest BCUT2D eigenvalue weighted by Gasteiger charge is -2.01. The Balaban J connectivity index is 2.26. The molecule has 2 aromatic carbocycles. The van der Waals surface area contributed by atoms with Crippen LogP contribution in [0.4, 0.5) is 0 Å². The van der Waals surface area contributed by atoms with E-state index in [1.807, 2.05) is 24.3 Å². The van der Waals surface area contributed by atoms with Crippen molar-refractivity contribution < 1.29 is 4.42 Å². The smallest absolute Gasteiger partial charge is 0.228 e. The molecule has 0 aliphatic heterocycles. The summed E-state index contributed by atoms with van der Waals surface area (Å²) in [5.74, 6) is 0.578. The second-order valence-electron chi connectivity index (χ2n) is 4.62. The van der Waals surface area contributed by atoms with Crippen LogP contribution in [0.1, 0.15) is 11.1 Å². The normalized spacial score (nSPS) is 11.2. The van der Waals surface area contributed by atoms with Crippen molar-refractivity contribution >= 4 is 54.6 Å². The zero-order valence-electron chi connectivity index (χ0n) is 10.8. The maximum Gasteiger partial charge on any atom is 0.228 e. The third-order valence-corrected chi connectivity index (χ3v) is 5.13. The first-order chi connectivity index (χ1) is 9.47. The van der Waals surface area contributed by atoms with Crippen LogP contribution in [0.5, 0.6) is 0 Å². The summed E-state index contributed by atoms with van der Waals surface area (Å²) in [5, 5.41) is 0.671. The minimum absolute atomic E-state index is 0.578. The lowest BCUT2D eigenvalue weighted by molar-refractivity contribution is 0.617. The second kappa shape index (κ2) is 5.17. The Hall–Kier alpha value is -0.840. The fraction of sp³-hybridized carbons (Fsp3) is 0.133. The Morgan fingerprint density at radius 3 is 2.60 bits per heavy atom. The van der Waals surface area contributed by atoms with Gasteiger partial charge in [-0.25, -0.2) is 4.98 Å². The van der Waals surface area contributed by atoms with Crippen molar-refractivity contribution in [1.29, 1.82) is 0 Å². The van der Waals surface area contributed by atoms with Gasteiger partial charge in [0, 0.05) is 9.50 Å². The van der Waals surface area contributed by atoms with Crippen LogP contribution in [-0.4, -0.2) is 4.98 Å². The van der Waals surface area contributed by atoms with Crippen LogP contribution < -0.4 is 0 Å². The van der Waals surface area contributed by atoms with Gasteiger partial charge in [0.1, 0.15) is 5.52 Å². The summed E-state index contributed by atoms with van der Waals surface area (Å²) in [6.45, 7) is 4.12. The highest BCUT2D eigenvalue weighted by Gasteiger charge is 2.15. The van der Waals surface area contributed by atoms with E-state index in [2.05, 4.69) is 50.7 Å². The fourth-order valence-corrected chi connectivity index (χ4v) is 3.47. The zero-order valence-corrected chi connectivity index (χ0v) is 14.7. The Bertz CT molecular complexity index is 826. The lowest BCUT2D eigenvalue weighted by atomic mass is 10.1. The Morgan fingerprint density at radius 1 is 1.15 bits per heavy atom. The van der Waals surface area contributed by atoms with Gasteiger partial charge in [-0.2, -0.15) is 0 Å². The van der Waals surface area contributed by atoms with Gasteiger partial charge in [-0.1, -0.05) is 11.6 Å². The van der Waals surface area contributed by atoms with Crippen molar-refractivity contribution in [3.8, 4) is 11.5 Å². The average Bonchev–Trinajstić information content (AvgIpc) is 2.80. The van der Waals surface area contributed by atoms with E-state index in [0.29, 0.717) is 10.9 Å². The van der Waals surface area contributed by atoms with E-state index in [4.69, 9.17) is 16.0 Å². The van der Waals surface area contributed by atoms with Crippen LogP contribution in [-0.2, 0) is 0 Å². The number of aryl methyl sites for hydroxylation is 1. The van der Waals surface area contributed by atoms with Gasteiger partial charge in [-0.15, -0.1) is 0 Å². The zero-order chi connectivity index (χ0) is 14.4. The van der Waals surface area contributed by atoms with E-state index in [1.54, 1.807) is 0 Å². The molecule has 20 heavy (non-hydrogen) atoms. The molecule has 0 aliphatic carbocycles. The Morgan fingerprint density at radius 2 is 1.90 bits per heavy atom. The van der Waals surface area contributed by atoms with Crippen molar-refractivity contribution in [2.75, 3.05) is 0 Å². The minimum Gasteiger partial charge on any atom is -0.435 e. The molecule has 2 nitrogen and oxygen atoms in total. The minimum atomic E-state index is 0.578. The number of hydrogen-bond donors (Lipinski definition) is 0. The van der Waals surface area contributed by atoms with E-state index in [-0.39, 0.29) is 0 Å². The van der Waals surface area contributed by atoms with Crippen molar-refractivity contribution in [2.24, 2.45) is 0 Å². The van der Waals surface area contributed by atoms with Gasteiger partial charge in [0.25, 0.3) is 0 Å². The molecule has 0 atom stereocenters. The van der Waals surface area contributed by atoms with Crippen molar-refractivity contribution in [3.05, 3.63) is 49.4 Å². The van der Waals surface area contributed by atoms with Crippen LogP contribution >= 0.6 is 43.5 Å². The largest absolute Gasteiger partial charge is 0.435 e. The summed E-state index contributed by atoms with van der Waals surface area (Å²) in [4.78, 5) is 4.57. The molecular formula is C15H10Br2ClNO. The first kappa shape index (κ1) is 14.1. The van der Waals surface area contributed by atoms with Crippen molar-refractivity contribution in [2.45, 2.75) is 13.8 Å². The van der Waals surface area contributed by atoms with Gasteiger partial charge in [-0.3, -0.25) is 0 Å². The summed E-state index contributed by atoms with van der Waals surface area (Å²) in [6.07, 6.45) is 0. The highest BCUT2D eigenvalue weighted by atomic mass is 79.9. The number of fused-ring (bicyclic) bond motifs is 1. The van der Waals surface area contributed by atoms with Crippen LogP contribution in [0.15, 0.2) is 37.6 Å². The number of nitrogens with zero attached hydrogens (tertiary/aromatic N) is 1. The van der Waals surface area contributed by atoms with Gasteiger partial charge in [0.05, 0.1) is 10.0 Å². The molecule has 0 fully saturated rings. The molecule has 1 aromatic heterocycles. The molecule has 0 amide bonds. The van der Waals surface area contributed by atoms with Crippen LogP contribution in [0.2, 0.25) is 5.02 Å². The lowest BCUT2D eigenvalue weighted by Crippen LogP contribution is -1.83. The van der Waals surface area contributed by atoms with E-state index in [9.17, 15) is 0 Å². The summed E-state index contributed by atoms with van der Waals surface area (Å²) in [6, 6.07) is 7.58. The summed E-state index contributed by atoms with van der Waals surface area (Å²) in [7, 11) is 0. The van der Waals surface area contributed by atoms with E-state index < -0.39 is 0 Å². The summed E-state index contributed by atoms with van der Waals surface area (Å²) in [5.41, 5.74) is 4.84. The molecular weight excluding hydrogens is 405 g/mol. The molecule has 0 aliphatic rings. The molecule has 0 N–H and O–H groups in total. The highest BCUT2D eigenvalue weighted by molar-refractivity contribution is 9.11. The molecule has 0 saturated heterocycles. The van der Waals surface area contributed by atoms with Gasteiger partial charge < -0.3 is 4.42 Å². The topological polar surface area (TPSA) is 26.0 Å². The van der Waals surface area contributed by atoms with Crippen LogP contribution in [0, 0.1) is 13.8 Å². The SMILES string of the molecule is Cc1cc2nc(-c3ccc(Cl)cc3Br)oc2c(Br)c1C. The first-order valence-electron chi connectivity index (χ1n) is 5.99. The maximum atomic E-state index is 5.96. The maximum absolute atomic E-state index is 5.96. The second-order valence-corrected chi connectivity index (χ2v) is 6.71. The standard InChI is InChI=1S/C15H10Br2ClNO/c1-7-5-12-14(13(17)8(7)2)20-15(19-12)10-4-3-9(18)6-11(10)16/h3-6H,1-2H3. The van der Waals surface area contributed by atoms with Gasteiger partial charge in [-0.05, 0) is 81.1 Å². The van der Waals surface area contributed by atoms with E-state index in [0.717, 1.165) is 31.2 Å². The van der Waals surface area contributed by atoms with E-state index >= 15 is 0 Å². The monoisotopic (exact) mass is 413 g/mol. The predicted octanol–water partition coefficient (Wildman–Crippen LogP) is 6.29. The molecule has 0 spiro atoms. The number of halogens is 3. The molecule has 5 heteroatoms. The highest BCUT2D eigenvalue weighted by Crippen LogP contribution is 2.36. The molecule has 1 heterocycles. The molecule has 3 rings (SSSR count). The Kier molecular flexibility index (Phi) is 3.65. The van der Waals surface area contributed by atoms with Crippen LogP contribution in [0.25, 0.3) is 22.6 Å². The number of hydrogen-bond acceptors (Lipinski definition) is 2. The van der Waals surface area contributed by atoms with Gasteiger partial charge in [0.15, 0.2) is 5.58 Å². The molecule has 3 aromatic rings. The van der Waals surface area contributed by atoms with Crippen LogP contribution in [0.3, 0.4) is 0 Å². The first-order valence-corrected chi connectivity index (χ1v) is 7.95. The third kappa shape index (κ3) is 2.30. The summed E-state index contributed by atoms with van der Waals surface area (Å²) >= 11 is 13.0. The van der Waals surface area contributed by atoms with Crippen molar-refractivity contribution in [1.82, 2.24) is 4.98 Å². The number of aromatic nitrogens is 1. The number of oxazole rings is 1. The molecule has 102 valence electrons. The third-order valence-electron chi connectivity index (χ3n) is 3.29. The van der Waals surface area contributed by atoms with Gasteiger partial charge in [0.2, 0.25) is 5.89 Å². The van der Waals surface area contributed by atoms with Crippen molar-refractivity contribution in [3.63, 3.8) is 0 Å². The molecule has 0 saturated carbocycles. The molecule has 0 bridgehead atoms. The fourth-order valence-electron chi connectivity index (χ4n) is 2.02.